The van der Waals surface area contributed by atoms with Crippen LogP contribution in [0.4, 0.5) is 0 Å². The number of nitrogens with zero attached hydrogens (tertiary/aromatic N) is 3. The molecule has 2 aromatic heterocycles. The molecule has 162 valence electrons. The van der Waals surface area contributed by atoms with E-state index in [0.29, 0.717) is 11.4 Å². The van der Waals surface area contributed by atoms with E-state index in [4.69, 9.17) is 16.3 Å². The Morgan fingerprint density at radius 3 is 2.47 bits per heavy atom. The quantitative estimate of drug-likeness (QED) is 0.358. The van der Waals surface area contributed by atoms with Crippen LogP contribution in [-0.2, 0) is 16.1 Å². The fraction of sp³-hybridized carbons (Fsp3) is 0.167. The number of hydrogen-bond donors (Lipinski definition) is 1. The molecule has 32 heavy (non-hydrogen) atoms. The molecule has 0 spiro atoms. The number of hydrogen-bond acceptors (Lipinski definition) is 6. The Kier molecular flexibility index (Phi) is 5.92. The summed E-state index contributed by atoms with van der Waals surface area (Å²) in [6.45, 7) is 1.88. The molecule has 8 heteroatoms. The second-order valence-electron chi connectivity index (χ2n) is 7.33. The van der Waals surface area contributed by atoms with Gasteiger partial charge >= 0.3 is 0 Å². The van der Waals surface area contributed by atoms with E-state index in [9.17, 15) is 14.7 Å². The molecule has 4 rings (SSSR count). The first-order chi connectivity index (χ1) is 15.4. The van der Waals surface area contributed by atoms with Crippen molar-refractivity contribution in [1.82, 2.24) is 14.9 Å². The third-order valence-electron chi connectivity index (χ3n) is 5.21. The standard InChI is InChI=1S/C24H20ClN3O4/c1-14-11-16(23(32-2)17(25)12-14)21(29)19-20(18-8-4-6-10-27-18)28(24(31)22(19)30)13-15-7-3-5-9-26-15/h3-12,20,29H,13H2,1-2H3/b21-19+. The summed E-state index contributed by atoms with van der Waals surface area (Å²) in [7, 11) is 1.42. The zero-order chi connectivity index (χ0) is 22.8. The van der Waals surface area contributed by atoms with Gasteiger partial charge in [-0.1, -0.05) is 23.7 Å². The molecule has 1 fully saturated rings. The Labute approximate surface area is 190 Å². The smallest absolute Gasteiger partial charge is 0.296 e. The summed E-state index contributed by atoms with van der Waals surface area (Å²) < 4.78 is 5.38. The first-order valence-electron chi connectivity index (χ1n) is 9.86. The number of ketones is 1. The highest BCUT2D eigenvalue weighted by molar-refractivity contribution is 6.46. The minimum absolute atomic E-state index is 0.0785. The number of amides is 1. The maximum atomic E-state index is 13.1. The van der Waals surface area contributed by atoms with E-state index in [1.54, 1.807) is 67.8 Å². The molecule has 1 saturated heterocycles. The minimum atomic E-state index is -0.901. The third kappa shape index (κ3) is 3.83. The monoisotopic (exact) mass is 449 g/mol. The number of pyridine rings is 2. The normalized spacial score (nSPS) is 17.6. The van der Waals surface area contributed by atoms with Crippen LogP contribution < -0.4 is 4.74 Å². The molecule has 7 nitrogen and oxygen atoms in total. The van der Waals surface area contributed by atoms with E-state index in [2.05, 4.69) is 9.97 Å². The number of halogens is 1. The number of carbonyl (C=O) groups excluding carboxylic acids is 2. The number of carbonyl (C=O) groups is 2. The van der Waals surface area contributed by atoms with Gasteiger partial charge in [0.1, 0.15) is 17.6 Å². The lowest BCUT2D eigenvalue weighted by Gasteiger charge is -2.24. The molecule has 3 heterocycles. The summed E-state index contributed by atoms with van der Waals surface area (Å²) in [5.74, 6) is -1.71. The summed E-state index contributed by atoms with van der Waals surface area (Å²) in [5, 5.41) is 11.6. The lowest BCUT2D eigenvalue weighted by atomic mass is 9.97. The molecule has 1 aliphatic rings. The van der Waals surface area contributed by atoms with E-state index in [-0.39, 0.29) is 34.2 Å². The molecular weight excluding hydrogens is 430 g/mol. The van der Waals surface area contributed by atoms with Crippen LogP contribution in [0.2, 0.25) is 5.02 Å². The van der Waals surface area contributed by atoms with Gasteiger partial charge in [0.2, 0.25) is 0 Å². The van der Waals surface area contributed by atoms with E-state index in [1.165, 1.54) is 12.0 Å². The number of benzene rings is 1. The van der Waals surface area contributed by atoms with Gasteiger partial charge in [-0.2, -0.15) is 0 Å². The van der Waals surface area contributed by atoms with Crippen molar-refractivity contribution in [2.45, 2.75) is 19.5 Å². The topological polar surface area (TPSA) is 92.6 Å². The van der Waals surface area contributed by atoms with Crippen LogP contribution in [0.25, 0.3) is 5.76 Å². The first-order valence-corrected chi connectivity index (χ1v) is 10.2. The van der Waals surface area contributed by atoms with Gasteiger partial charge in [-0.25, -0.2) is 0 Å². The molecule has 0 radical (unpaired) electrons. The number of rotatable bonds is 5. The molecular formula is C24H20ClN3O4. The third-order valence-corrected chi connectivity index (χ3v) is 5.49. The molecule has 1 N–H and O–H groups in total. The molecule has 3 aromatic rings. The Balaban J connectivity index is 1.92. The van der Waals surface area contributed by atoms with E-state index < -0.39 is 17.7 Å². The number of aliphatic hydroxyl groups is 1. The number of aryl methyl sites for hydroxylation is 1. The van der Waals surface area contributed by atoms with Crippen molar-refractivity contribution in [2.24, 2.45) is 0 Å². The van der Waals surface area contributed by atoms with Crippen LogP contribution in [0.15, 0.2) is 66.5 Å². The fourth-order valence-corrected chi connectivity index (χ4v) is 4.16. The van der Waals surface area contributed by atoms with E-state index in [0.717, 1.165) is 5.56 Å². The van der Waals surface area contributed by atoms with Crippen molar-refractivity contribution in [3.05, 3.63) is 94.0 Å². The first kappa shape index (κ1) is 21.5. The Morgan fingerprint density at radius 1 is 1.12 bits per heavy atom. The Bertz CT molecular complexity index is 1210. The molecule has 1 atom stereocenters. The molecule has 0 bridgehead atoms. The Hall–Kier alpha value is -3.71. The summed E-state index contributed by atoms with van der Waals surface area (Å²) in [5.41, 5.74) is 1.96. The van der Waals surface area contributed by atoms with Gasteiger partial charge in [0, 0.05) is 12.4 Å². The minimum Gasteiger partial charge on any atom is -0.507 e. The van der Waals surface area contributed by atoms with E-state index >= 15 is 0 Å². The van der Waals surface area contributed by atoms with Gasteiger partial charge in [-0.05, 0) is 48.9 Å². The highest BCUT2D eigenvalue weighted by Crippen LogP contribution is 2.42. The number of aromatic nitrogens is 2. The van der Waals surface area contributed by atoms with Crippen LogP contribution in [-0.4, -0.2) is 38.8 Å². The number of likely N-dealkylation sites (tertiary alicyclic amines) is 1. The highest BCUT2D eigenvalue weighted by Gasteiger charge is 2.47. The van der Waals surface area contributed by atoms with Crippen LogP contribution in [0.5, 0.6) is 5.75 Å². The van der Waals surface area contributed by atoms with E-state index in [1.807, 2.05) is 0 Å². The predicted octanol–water partition coefficient (Wildman–Crippen LogP) is 4.07. The lowest BCUT2D eigenvalue weighted by Crippen LogP contribution is -2.29. The molecule has 1 aromatic carbocycles. The van der Waals surface area contributed by atoms with Gasteiger partial charge in [0.25, 0.3) is 11.7 Å². The number of ether oxygens (including phenoxy) is 1. The summed E-state index contributed by atoms with van der Waals surface area (Å²) in [6, 6.07) is 13.0. The van der Waals surface area contributed by atoms with Crippen LogP contribution in [0.3, 0.4) is 0 Å². The number of aliphatic hydroxyl groups excluding tert-OH is 1. The predicted molar refractivity (Wildman–Crippen MR) is 119 cm³/mol. The van der Waals surface area contributed by atoms with Gasteiger partial charge < -0.3 is 14.7 Å². The maximum absolute atomic E-state index is 13.1. The summed E-state index contributed by atoms with van der Waals surface area (Å²) >= 11 is 6.30. The van der Waals surface area contributed by atoms with Crippen LogP contribution in [0.1, 0.15) is 28.6 Å². The SMILES string of the molecule is COc1c(Cl)cc(C)cc1/C(O)=C1\C(=O)C(=O)N(Cc2ccccn2)C1c1ccccn1. The second-order valence-corrected chi connectivity index (χ2v) is 7.74. The maximum Gasteiger partial charge on any atom is 0.296 e. The van der Waals surface area contributed by atoms with Crippen molar-refractivity contribution in [3.8, 4) is 5.75 Å². The molecule has 1 amide bonds. The lowest BCUT2D eigenvalue weighted by molar-refractivity contribution is -0.140. The highest BCUT2D eigenvalue weighted by atomic mass is 35.5. The van der Waals surface area contributed by atoms with Crippen molar-refractivity contribution < 1.29 is 19.4 Å². The zero-order valence-corrected chi connectivity index (χ0v) is 18.2. The fourth-order valence-electron chi connectivity index (χ4n) is 3.81. The van der Waals surface area contributed by atoms with Gasteiger partial charge in [0.15, 0.2) is 0 Å². The summed E-state index contributed by atoms with van der Waals surface area (Å²) in [6.07, 6.45) is 3.18. The number of methoxy groups -OCH3 is 1. The number of Topliss-reactive ketones (excluding diaryl/α,β-unsaturated/α-hetero) is 1. The Morgan fingerprint density at radius 2 is 1.84 bits per heavy atom. The van der Waals surface area contributed by atoms with Crippen molar-refractivity contribution in [1.29, 1.82) is 0 Å². The molecule has 1 aliphatic heterocycles. The summed E-state index contributed by atoms with van der Waals surface area (Å²) in [4.78, 5) is 36.2. The zero-order valence-electron chi connectivity index (χ0n) is 17.4. The average Bonchev–Trinajstić information content (AvgIpc) is 3.04. The van der Waals surface area contributed by atoms with Gasteiger partial charge in [0.05, 0.1) is 41.2 Å². The average molecular weight is 450 g/mol. The second kappa shape index (κ2) is 8.80. The van der Waals surface area contributed by atoms with Crippen LogP contribution in [0, 0.1) is 6.92 Å². The molecule has 1 unspecified atom stereocenters. The van der Waals surface area contributed by atoms with Crippen LogP contribution >= 0.6 is 11.6 Å². The van der Waals surface area contributed by atoms with Gasteiger partial charge in [-0.3, -0.25) is 19.6 Å². The van der Waals surface area contributed by atoms with Crippen molar-refractivity contribution in [2.75, 3.05) is 7.11 Å². The van der Waals surface area contributed by atoms with Gasteiger partial charge in [-0.15, -0.1) is 0 Å². The molecule has 0 aliphatic carbocycles. The molecule has 0 saturated carbocycles. The van der Waals surface area contributed by atoms with Crippen molar-refractivity contribution >= 4 is 29.1 Å². The van der Waals surface area contributed by atoms with Crippen molar-refractivity contribution in [3.63, 3.8) is 0 Å². The largest absolute Gasteiger partial charge is 0.507 e.